The molecule has 3 aromatic rings. The highest BCUT2D eigenvalue weighted by molar-refractivity contribution is 8.18. The summed E-state index contributed by atoms with van der Waals surface area (Å²) < 4.78 is 11.0. The number of carbonyl (C=O) groups is 2. The van der Waals surface area contributed by atoms with Crippen molar-refractivity contribution < 1.29 is 28.9 Å². The van der Waals surface area contributed by atoms with Crippen LogP contribution in [0.25, 0.3) is 6.08 Å². The van der Waals surface area contributed by atoms with Crippen LogP contribution in [0.15, 0.2) is 65.6 Å². The fourth-order valence-electron chi connectivity index (χ4n) is 3.55. The van der Waals surface area contributed by atoms with Gasteiger partial charge in [-0.2, -0.15) is 5.26 Å². The lowest BCUT2D eigenvalue weighted by molar-refractivity contribution is -0.394. The molecule has 13 heteroatoms. The number of imide groups is 1. The Labute approximate surface area is 219 Å². The Bertz CT molecular complexity index is 1560. The predicted molar refractivity (Wildman–Crippen MR) is 135 cm³/mol. The van der Waals surface area contributed by atoms with Crippen LogP contribution in [0.4, 0.5) is 16.2 Å². The number of nitro groups is 2. The molecule has 2 amide bonds. The maximum Gasteiger partial charge on any atom is 0.318 e. The number of nitro benzene ring substituents is 2. The summed E-state index contributed by atoms with van der Waals surface area (Å²) >= 11 is 0.752. The Hall–Kier alpha value is -5.22. The molecule has 0 spiro atoms. The van der Waals surface area contributed by atoms with Crippen molar-refractivity contribution in [3.05, 3.63) is 102 Å². The number of hydrogen-bond acceptors (Lipinski definition) is 10. The summed E-state index contributed by atoms with van der Waals surface area (Å²) in [5.41, 5.74) is 0.329. The number of benzene rings is 3. The molecule has 0 unspecified atom stereocenters. The highest BCUT2D eigenvalue weighted by Crippen LogP contribution is 2.39. The quantitative estimate of drug-likeness (QED) is 0.208. The third-order valence-electron chi connectivity index (χ3n) is 5.40. The topological polar surface area (TPSA) is 166 Å². The van der Waals surface area contributed by atoms with E-state index in [1.165, 1.54) is 25.3 Å². The molecule has 3 aromatic carbocycles. The highest BCUT2D eigenvalue weighted by atomic mass is 32.2. The van der Waals surface area contributed by atoms with Crippen molar-refractivity contribution in [3.63, 3.8) is 0 Å². The third kappa shape index (κ3) is 5.30. The molecular weight excluding hydrogens is 516 g/mol. The van der Waals surface area contributed by atoms with E-state index >= 15 is 0 Å². The largest absolute Gasteiger partial charge is 0.493 e. The van der Waals surface area contributed by atoms with Crippen LogP contribution in [0.1, 0.15) is 16.7 Å². The standard InChI is InChI=1S/C25H16N4O8S/c1-36-22-10-15(6-8-21(22)37-20-9-7-18(28(32)33)12-19(20)29(34)35)11-23-24(30)27(25(31)38-23)14-17-5-3-2-4-16(17)13-26/h2-12H,14H2,1H3/b23-11+. The van der Waals surface area contributed by atoms with E-state index in [-0.39, 0.29) is 28.7 Å². The van der Waals surface area contributed by atoms with Crippen LogP contribution in [0.3, 0.4) is 0 Å². The van der Waals surface area contributed by atoms with Gasteiger partial charge in [-0.05, 0) is 53.2 Å². The van der Waals surface area contributed by atoms with Gasteiger partial charge in [0, 0.05) is 6.07 Å². The Kier molecular flexibility index (Phi) is 7.36. The second-order valence-electron chi connectivity index (χ2n) is 7.72. The van der Waals surface area contributed by atoms with Crippen LogP contribution >= 0.6 is 11.8 Å². The van der Waals surface area contributed by atoms with Crippen LogP contribution in [-0.2, 0) is 11.3 Å². The van der Waals surface area contributed by atoms with Crippen molar-refractivity contribution >= 4 is 40.4 Å². The van der Waals surface area contributed by atoms with Gasteiger partial charge in [0.05, 0.1) is 46.1 Å². The molecule has 1 saturated heterocycles. The van der Waals surface area contributed by atoms with Gasteiger partial charge >= 0.3 is 5.69 Å². The molecule has 1 aliphatic heterocycles. The van der Waals surface area contributed by atoms with Gasteiger partial charge in [-0.1, -0.05) is 24.3 Å². The average Bonchev–Trinajstić information content (AvgIpc) is 3.16. The van der Waals surface area contributed by atoms with Crippen LogP contribution in [-0.4, -0.2) is 33.0 Å². The zero-order valence-electron chi connectivity index (χ0n) is 19.5. The van der Waals surface area contributed by atoms with E-state index in [0.29, 0.717) is 16.7 Å². The summed E-state index contributed by atoms with van der Waals surface area (Å²) in [6.45, 7) is -0.0458. The minimum absolute atomic E-state index is 0.0458. The molecule has 1 aliphatic rings. The van der Waals surface area contributed by atoms with Crippen molar-refractivity contribution in [2.45, 2.75) is 6.54 Å². The Morgan fingerprint density at radius 2 is 1.74 bits per heavy atom. The number of hydrogen-bond donors (Lipinski definition) is 0. The van der Waals surface area contributed by atoms with Gasteiger partial charge < -0.3 is 9.47 Å². The molecule has 4 rings (SSSR count). The van der Waals surface area contributed by atoms with E-state index in [9.17, 15) is 35.1 Å². The molecule has 1 fully saturated rings. The molecule has 1 heterocycles. The fraction of sp³-hybridized carbons (Fsp3) is 0.0800. The second kappa shape index (κ2) is 10.8. The first-order valence-corrected chi connectivity index (χ1v) is 11.6. The third-order valence-corrected chi connectivity index (χ3v) is 6.30. The fourth-order valence-corrected chi connectivity index (χ4v) is 4.39. The van der Waals surface area contributed by atoms with Gasteiger partial charge in [-0.3, -0.25) is 34.7 Å². The van der Waals surface area contributed by atoms with E-state index in [1.54, 1.807) is 30.3 Å². The van der Waals surface area contributed by atoms with E-state index in [1.807, 2.05) is 6.07 Å². The van der Waals surface area contributed by atoms with Crippen LogP contribution in [0.5, 0.6) is 17.2 Å². The molecule has 0 atom stereocenters. The van der Waals surface area contributed by atoms with Crippen molar-refractivity contribution in [1.82, 2.24) is 4.90 Å². The van der Waals surface area contributed by atoms with Gasteiger partial charge in [-0.25, -0.2) is 0 Å². The van der Waals surface area contributed by atoms with Gasteiger partial charge in [-0.15, -0.1) is 0 Å². The SMILES string of the molecule is COc1cc(/C=C2/SC(=O)N(Cc3ccccc3C#N)C2=O)ccc1Oc1ccc([N+](=O)[O-])cc1[N+](=O)[O-]. The zero-order valence-corrected chi connectivity index (χ0v) is 20.3. The van der Waals surface area contributed by atoms with Gasteiger partial charge in [0.25, 0.3) is 16.8 Å². The molecule has 38 heavy (non-hydrogen) atoms. The normalized spacial score (nSPS) is 13.9. The van der Waals surface area contributed by atoms with Crippen LogP contribution in [0.2, 0.25) is 0 Å². The molecular formula is C25H16N4O8S. The lowest BCUT2D eigenvalue weighted by Crippen LogP contribution is -2.27. The summed E-state index contributed by atoms with van der Waals surface area (Å²) in [5, 5.41) is 31.2. The highest BCUT2D eigenvalue weighted by Gasteiger charge is 2.35. The molecule has 0 aromatic heterocycles. The van der Waals surface area contributed by atoms with Gasteiger partial charge in [0.15, 0.2) is 11.5 Å². The number of carbonyl (C=O) groups excluding carboxylic acids is 2. The summed E-state index contributed by atoms with van der Waals surface area (Å²) in [4.78, 5) is 47.5. The first kappa shape index (κ1) is 25.9. The first-order valence-electron chi connectivity index (χ1n) is 10.7. The van der Waals surface area contributed by atoms with Crippen molar-refractivity contribution in [2.75, 3.05) is 7.11 Å². The number of nitriles is 1. The molecule has 12 nitrogen and oxygen atoms in total. The number of methoxy groups -OCH3 is 1. The van der Waals surface area contributed by atoms with E-state index in [0.717, 1.165) is 34.9 Å². The molecule has 0 saturated carbocycles. The van der Waals surface area contributed by atoms with Crippen molar-refractivity contribution in [3.8, 4) is 23.3 Å². The van der Waals surface area contributed by atoms with Crippen molar-refractivity contribution in [2.24, 2.45) is 0 Å². The molecule has 0 radical (unpaired) electrons. The first-order chi connectivity index (χ1) is 18.2. The van der Waals surface area contributed by atoms with Crippen molar-refractivity contribution in [1.29, 1.82) is 5.26 Å². The number of rotatable bonds is 8. The summed E-state index contributed by atoms with van der Waals surface area (Å²) in [6.07, 6.45) is 1.49. The Balaban J connectivity index is 1.58. The van der Waals surface area contributed by atoms with E-state index in [2.05, 4.69) is 0 Å². The Morgan fingerprint density at radius 3 is 2.42 bits per heavy atom. The van der Waals surface area contributed by atoms with E-state index < -0.39 is 32.4 Å². The maximum atomic E-state index is 12.9. The lowest BCUT2D eigenvalue weighted by Gasteiger charge is -2.13. The number of amides is 2. The number of thioether (sulfide) groups is 1. The predicted octanol–water partition coefficient (Wildman–Crippen LogP) is 5.41. The molecule has 0 aliphatic carbocycles. The molecule has 190 valence electrons. The summed E-state index contributed by atoms with van der Waals surface area (Å²) in [6, 6.07) is 16.2. The minimum atomic E-state index is -0.797. The van der Waals surface area contributed by atoms with E-state index in [4.69, 9.17) is 9.47 Å². The van der Waals surface area contributed by atoms with Crippen LogP contribution in [0, 0.1) is 31.6 Å². The lowest BCUT2D eigenvalue weighted by atomic mass is 10.1. The summed E-state index contributed by atoms with van der Waals surface area (Å²) in [5.74, 6) is -0.504. The van der Waals surface area contributed by atoms with Gasteiger partial charge in [0.1, 0.15) is 0 Å². The average molecular weight is 532 g/mol. The molecule has 0 N–H and O–H groups in total. The number of non-ortho nitro benzene ring substituents is 1. The minimum Gasteiger partial charge on any atom is -0.493 e. The molecule has 0 bridgehead atoms. The van der Waals surface area contributed by atoms with Crippen LogP contribution < -0.4 is 9.47 Å². The number of nitrogens with zero attached hydrogens (tertiary/aromatic N) is 4. The van der Waals surface area contributed by atoms with Gasteiger partial charge in [0.2, 0.25) is 5.75 Å². The zero-order chi connectivity index (χ0) is 27.4. The maximum absolute atomic E-state index is 12.9. The second-order valence-corrected chi connectivity index (χ2v) is 8.71. The number of ether oxygens (including phenoxy) is 2. The monoisotopic (exact) mass is 532 g/mol. The smallest absolute Gasteiger partial charge is 0.318 e. The Morgan fingerprint density at radius 1 is 1.00 bits per heavy atom. The summed E-state index contributed by atoms with van der Waals surface area (Å²) in [7, 11) is 1.34.